The molecule has 86 valence electrons. The van der Waals surface area contributed by atoms with Gasteiger partial charge in [-0.2, -0.15) is 5.10 Å². The van der Waals surface area contributed by atoms with Gasteiger partial charge in [0.1, 0.15) is 0 Å². The van der Waals surface area contributed by atoms with Gasteiger partial charge in [0.15, 0.2) is 0 Å². The molecule has 0 spiro atoms. The molecule has 0 radical (unpaired) electrons. The molecule has 2 rings (SSSR count). The van der Waals surface area contributed by atoms with Crippen molar-refractivity contribution in [3.8, 4) is 0 Å². The molecule has 17 heavy (non-hydrogen) atoms. The summed E-state index contributed by atoms with van der Waals surface area (Å²) in [7, 11) is 0. The van der Waals surface area contributed by atoms with Crippen molar-refractivity contribution in [2.75, 3.05) is 5.43 Å². The van der Waals surface area contributed by atoms with Crippen molar-refractivity contribution in [2.24, 2.45) is 5.10 Å². The molecule has 0 fully saturated rings. The highest BCUT2D eigenvalue weighted by Gasteiger charge is 1.98. The number of benzene rings is 1. The average molecular weight is 246 g/mol. The Kier molecular flexibility index (Phi) is 3.73. The summed E-state index contributed by atoms with van der Waals surface area (Å²) in [5, 5.41) is 4.92. The van der Waals surface area contributed by atoms with Gasteiger partial charge >= 0.3 is 0 Å². The van der Waals surface area contributed by atoms with E-state index in [2.05, 4.69) is 15.5 Å². The van der Waals surface area contributed by atoms with E-state index in [9.17, 15) is 0 Å². The first-order valence-electron chi connectivity index (χ1n) is 5.22. The van der Waals surface area contributed by atoms with E-state index < -0.39 is 0 Å². The molecular formula is C13H12ClN3. The number of hydrogen-bond donors (Lipinski definition) is 1. The van der Waals surface area contributed by atoms with Gasteiger partial charge in [-0.1, -0.05) is 29.8 Å². The Morgan fingerprint density at radius 3 is 2.76 bits per heavy atom. The highest BCUT2D eigenvalue weighted by atomic mass is 35.5. The van der Waals surface area contributed by atoms with Crippen molar-refractivity contribution in [3.63, 3.8) is 0 Å². The van der Waals surface area contributed by atoms with E-state index >= 15 is 0 Å². The molecule has 0 saturated carbocycles. The predicted octanol–water partition coefficient (Wildman–Crippen LogP) is 3.57. The lowest BCUT2D eigenvalue weighted by Crippen LogP contribution is -2.00. The quantitative estimate of drug-likeness (QED) is 0.663. The van der Waals surface area contributed by atoms with Crippen LogP contribution in [0.15, 0.2) is 53.9 Å². The second-order valence-corrected chi connectivity index (χ2v) is 3.94. The molecule has 0 aliphatic carbocycles. The fourth-order valence-electron chi connectivity index (χ4n) is 1.34. The van der Waals surface area contributed by atoms with Gasteiger partial charge in [0.2, 0.25) is 0 Å². The van der Waals surface area contributed by atoms with Crippen LogP contribution >= 0.6 is 11.6 Å². The summed E-state index contributed by atoms with van der Waals surface area (Å²) in [5.41, 5.74) is 5.57. The normalized spacial score (nSPS) is 11.3. The van der Waals surface area contributed by atoms with Crippen LogP contribution < -0.4 is 5.43 Å². The van der Waals surface area contributed by atoms with Crippen LogP contribution in [0.3, 0.4) is 0 Å². The minimum Gasteiger partial charge on any atom is -0.277 e. The first kappa shape index (κ1) is 11.6. The zero-order valence-corrected chi connectivity index (χ0v) is 10.1. The molecule has 2 aromatic rings. The average Bonchev–Trinajstić information content (AvgIpc) is 2.38. The van der Waals surface area contributed by atoms with Gasteiger partial charge in [-0.15, -0.1) is 0 Å². The number of halogens is 1. The lowest BCUT2D eigenvalue weighted by Gasteiger charge is -2.04. The van der Waals surface area contributed by atoms with Crippen molar-refractivity contribution < 1.29 is 0 Å². The Morgan fingerprint density at radius 1 is 1.24 bits per heavy atom. The second kappa shape index (κ2) is 5.46. The molecule has 3 nitrogen and oxygen atoms in total. The predicted molar refractivity (Wildman–Crippen MR) is 71.5 cm³/mol. The smallest absolute Gasteiger partial charge is 0.0748 e. The van der Waals surface area contributed by atoms with Gasteiger partial charge in [-0.25, -0.2) is 0 Å². The minimum absolute atomic E-state index is 0.648. The molecule has 0 aliphatic heterocycles. The maximum Gasteiger partial charge on any atom is 0.0748 e. The maximum atomic E-state index is 6.01. The van der Waals surface area contributed by atoms with Gasteiger partial charge < -0.3 is 0 Å². The molecule has 4 heteroatoms. The van der Waals surface area contributed by atoms with Crippen LogP contribution in [-0.4, -0.2) is 10.7 Å². The number of nitrogens with one attached hydrogen (secondary N) is 1. The topological polar surface area (TPSA) is 37.3 Å². The van der Waals surface area contributed by atoms with E-state index in [0.29, 0.717) is 5.02 Å². The van der Waals surface area contributed by atoms with Crippen LogP contribution in [0.4, 0.5) is 5.69 Å². The summed E-state index contributed by atoms with van der Waals surface area (Å²) in [5.74, 6) is 0. The Bertz CT molecular complexity index is 523. The van der Waals surface area contributed by atoms with Crippen LogP contribution in [0.5, 0.6) is 0 Å². The van der Waals surface area contributed by atoms with Crippen molar-refractivity contribution in [1.29, 1.82) is 0 Å². The molecule has 0 saturated heterocycles. The van der Waals surface area contributed by atoms with E-state index in [1.165, 1.54) is 0 Å². The van der Waals surface area contributed by atoms with Gasteiger partial charge in [0.25, 0.3) is 0 Å². The van der Waals surface area contributed by atoms with E-state index in [1.807, 2.05) is 43.3 Å². The first-order valence-corrected chi connectivity index (χ1v) is 5.60. The van der Waals surface area contributed by atoms with Crippen LogP contribution in [0.2, 0.25) is 5.02 Å². The lowest BCUT2D eigenvalue weighted by molar-refractivity contribution is 1.28. The molecule has 0 unspecified atom stereocenters. The van der Waals surface area contributed by atoms with Crippen LogP contribution in [0.25, 0.3) is 0 Å². The fraction of sp³-hybridized carbons (Fsp3) is 0.0769. The molecule has 1 aromatic carbocycles. The maximum absolute atomic E-state index is 6.01. The largest absolute Gasteiger partial charge is 0.277 e. The van der Waals surface area contributed by atoms with Crippen LogP contribution in [-0.2, 0) is 0 Å². The fourth-order valence-corrected chi connectivity index (χ4v) is 1.52. The van der Waals surface area contributed by atoms with Gasteiger partial charge in [-0.3, -0.25) is 10.4 Å². The third-order valence-corrected chi connectivity index (χ3v) is 2.63. The van der Waals surface area contributed by atoms with E-state index in [1.54, 1.807) is 12.4 Å². The minimum atomic E-state index is 0.648. The third-order valence-electron chi connectivity index (χ3n) is 2.30. The number of hydrogen-bond acceptors (Lipinski definition) is 3. The number of para-hydroxylation sites is 1. The first-order chi connectivity index (χ1) is 8.27. The van der Waals surface area contributed by atoms with E-state index in [0.717, 1.165) is 17.0 Å². The lowest BCUT2D eigenvalue weighted by atomic mass is 10.2. The van der Waals surface area contributed by atoms with E-state index in [-0.39, 0.29) is 0 Å². The van der Waals surface area contributed by atoms with Crippen LogP contribution in [0, 0.1) is 0 Å². The zero-order chi connectivity index (χ0) is 12.1. The number of aromatic nitrogens is 1. The summed E-state index contributed by atoms with van der Waals surface area (Å²) in [6.07, 6.45) is 3.51. The Labute approximate surface area is 105 Å². The number of rotatable bonds is 3. The highest BCUT2D eigenvalue weighted by molar-refractivity contribution is 6.33. The van der Waals surface area contributed by atoms with E-state index in [4.69, 9.17) is 11.6 Å². The summed E-state index contributed by atoms with van der Waals surface area (Å²) in [6.45, 7) is 1.92. The summed E-state index contributed by atoms with van der Waals surface area (Å²) >= 11 is 6.01. The Balaban J connectivity index is 2.14. The number of anilines is 1. The number of nitrogens with zero attached hydrogens (tertiary/aromatic N) is 2. The SMILES string of the molecule is C/C(=N/Nc1ccccc1Cl)c1cccnc1. The Hall–Kier alpha value is -1.87. The molecule has 0 atom stereocenters. The molecule has 0 amide bonds. The summed E-state index contributed by atoms with van der Waals surface area (Å²) in [4.78, 5) is 4.04. The van der Waals surface area contributed by atoms with Crippen molar-refractivity contribution in [3.05, 3.63) is 59.4 Å². The monoisotopic (exact) mass is 245 g/mol. The molecule has 1 aromatic heterocycles. The molecular weight excluding hydrogens is 234 g/mol. The Morgan fingerprint density at radius 2 is 2.06 bits per heavy atom. The van der Waals surface area contributed by atoms with Gasteiger partial charge in [0.05, 0.1) is 16.4 Å². The molecule has 0 aliphatic rings. The zero-order valence-electron chi connectivity index (χ0n) is 9.39. The molecule has 1 N–H and O–H groups in total. The summed E-state index contributed by atoms with van der Waals surface area (Å²) in [6, 6.07) is 11.3. The molecule has 0 bridgehead atoms. The van der Waals surface area contributed by atoms with Gasteiger partial charge in [0, 0.05) is 18.0 Å². The van der Waals surface area contributed by atoms with Crippen molar-refractivity contribution in [2.45, 2.75) is 6.92 Å². The third kappa shape index (κ3) is 3.04. The number of pyridine rings is 1. The van der Waals surface area contributed by atoms with Crippen molar-refractivity contribution in [1.82, 2.24) is 4.98 Å². The number of hydrazone groups is 1. The second-order valence-electron chi connectivity index (χ2n) is 3.53. The van der Waals surface area contributed by atoms with Crippen LogP contribution in [0.1, 0.15) is 12.5 Å². The standard InChI is InChI=1S/C13H12ClN3/c1-10(11-5-4-8-15-9-11)16-17-13-7-3-2-6-12(13)14/h2-9,17H,1H3/b16-10-. The summed E-state index contributed by atoms with van der Waals surface area (Å²) < 4.78 is 0. The van der Waals surface area contributed by atoms with Gasteiger partial charge in [-0.05, 0) is 25.1 Å². The van der Waals surface area contributed by atoms with Crippen molar-refractivity contribution >= 4 is 23.0 Å². The molecule has 1 heterocycles. The highest BCUT2D eigenvalue weighted by Crippen LogP contribution is 2.20.